The van der Waals surface area contributed by atoms with Crippen molar-refractivity contribution in [1.29, 1.82) is 0 Å². The lowest BCUT2D eigenvalue weighted by atomic mass is 9.92. The maximum atomic E-state index is 9.98. The van der Waals surface area contributed by atoms with Gasteiger partial charge in [-0.05, 0) is 31.9 Å². The van der Waals surface area contributed by atoms with Gasteiger partial charge < -0.3 is 15.2 Å². The number of nitrogens with one attached hydrogen (secondary N) is 1. The molecule has 1 aliphatic carbocycles. The van der Waals surface area contributed by atoms with Gasteiger partial charge in [0.1, 0.15) is 17.4 Å². The monoisotopic (exact) mass is 332 g/mol. The van der Waals surface area contributed by atoms with E-state index in [9.17, 15) is 5.11 Å². The minimum absolute atomic E-state index is 0.206. The highest BCUT2D eigenvalue weighted by molar-refractivity contribution is 7.09. The summed E-state index contributed by atoms with van der Waals surface area (Å²) < 4.78 is 5.76. The van der Waals surface area contributed by atoms with E-state index in [-0.39, 0.29) is 12.1 Å². The van der Waals surface area contributed by atoms with E-state index in [4.69, 9.17) is 4.74 Å². The Bertz CT molecular complexity index is 612. The Hall–Kier alpha value is -1.43. The van der Waals surface area contributed by atoms with Gasteiger partial charge in [0.05, 0.1) is 11.8 Å². The highest BCUT2D eigenvalue weighted by Gasteiger charge is 2.22. The summed E-state index contributed by atoms with van der Waals surface area (Å²) in [5, 5.41) is 16.5. The van der Waals surface area contributed by atoms with Crippen LogP contribution in [0.15, 0.2) is 29.6 Å². The van der Waals surface area contributed by atoms with Crippen LogP contribution in [0.4, 0.5) is 0 Å². The van der Waals surface area contributed by atoms with Crippen LogP contribution in [0.1, 0.15) is 41.9 Å². The molecule has 0 bridgehead atoms. The number of aliphatic hydroxyl groups is 1. The van der Waals surface area contributed by atoms with E-state index in [2.05, 4.69) is 22.6 Å². The van der Waals surface area contributed by atoms with Gasteiger partial charge in [-0.25, -0.2) is 4.98 Å². The molecule has 23 heavy (non-hydrogen) atoms. The lowest BCUT2D eigenvalue weighted by Crippen LogP contribution is -2.41. The van der Waals surface area contributed by atoms with Gasteiger partial charge in [0, 0.05) is 18.0 Å². The van der Waals surface area contributed by atoms with Gasteiger partial charge in [-0.1, -0.05) is 30.5 Å². The number of hydrogen-bond donors (Lipinski definition) is 2. The minimum Gasteiger partial charge on any atom is -0.486 e. The number of benzene rings is 1. The summed E-state index contributed by atoms with van der Waals surface area (Å²) in [4.78, 5) is 4.60. The molecule has 0 amide bonds. The van der Waals surface area contributed by atoms with E-state index in [0.717, 1.165) is 35.7 Å². The van der Waals surface area contributed by atoms with Gasteiger partial charge in [0.15, 0.2) is 0 Å². The molecule has 1 aromatic carbocycles. The third kappa shape index (κ3) is 4.77. The Morgan fingerprint density at radius 3 is 2.83 bits per heavy atom. The number of rotatable bonds is 6. The summed E-state index contributed by atoms with van der Waals surface area (Å²) in [6.45, 7) is 3.27. The molecule has 5 heteroatoms. The number of ether oxygens (including phenoxy) is 1. The zero-order chi connectivity index (χ0) is 16.1. The summed E-state index contributed by atoms with van der Waals surface area (Å²) in [6.07, 6.45) is 4.07. The van der Waals surface area contributed by atoms with Crippen LogP contribution >= 0.6 is 11.3 Å². The number of aliphatic hydroxyl groups excluding tert-OH is 1. The van der Waals surface area contributed by atoms with Crippen molar-refractivity contribution in [3.8, 4) is 5.75 Å². The number of aromatic nitrogens is 1. The van der Waals surface area contributed by atoms with Crippen LogP contribution in [-0.4, -0.2) is 22.2 Å². The number of thiazole rings is 1. The largest absolute Gasteiger partial charge is 0.486 e. The maximum Gasteiger partial charge on any atom is 0.140 e. The van der Waals surface area contributed by atoms with Crippen molar-refractivity contribution in [3.63, 3.8) is 0 Å². The standard InChI is InChI=1S/C18H24N2O2S/c1-13-6-8-15(9-7-13)22-11-18-20-14(12-23-18)10-19-16-4-2-3-5-17(16)21/h6-9,12,16-17,19,21H,2-5,10-11H2,1H3. The van der Waals surface area contributed by atoms with Crippen molar-refractivity contribution in [2.45, 2.75) is 57.9 Å². The van der Waals surface area contributed by atoms with Gasteiger partial charge in [-0.2, -0.15) is 0 Å². The molecule has 2 N–H and O–H groups in total. The van der Waals surface area contributed by atoms with Crippen LogP contribution in [0.3, 0.4) is 0 Å². The average Bonchev–Trinajstić information content (AvgIpc) is 3.02. The fourth-order valence-corrected chi connectivity index (χ4v) is 3.57. The number of aryl methyl sites for hydroxylation is 1. The first-order valence-corrected chi connectivity index (χ1v) is 9.13. The van der Waals surface area contributed by atoms with E-state index < -0.39 is 0 Å². The first-order valence-electron chi connectivity index (χ1n) is 8.25. The normalized spacial score (nSPS) is 21.3. The van der Waals surface area contributed by atoms with Gasteiger partial charge in [0.2, 0.25) is 0 Å². The van der Waals surface area contributed by atoms with Crippen molar-refractivity contribution < 1.29 is 9.84 Å². The predicted molar refractivity (Wildman–Crippen MR) is 92.7 cm³/mol. The molecule has 1 fully saturated rings. The molecular weight excluding hydrogens is 308 g/mol. The van der Waals surface area contributed by atoms with Crippen LogP contribution in [0.25, 0.3) is 0 Å². The molecule has 2 unspecified atom stereocenters. The quantitative estimate of drug-likeness (QED) is 0.851. The molecule has 2 atom stereocenters. The van der Waals surface area contributed by atoms with Crippen LogP contribution in [0.2, 0.25) is 0 Å². The van der Waals surface area contributed by atoms with E-state index in [1.165, 1.54) is 12.0 Å². The Labute approximate surface area is 141 Å². The van der Waals surface area contributed by atoms with Crippen molar-refractivity contribution in [2.75, 3.05) is 0 Å². The number of hydrogen-bond acceptors (Lipinski definition) is 5. The molecule has 4 nitrogen and oxygen atoms in total. The molecule has 0 radical (unpaired) electrons. The second kappa shape index (κ2) is 7.90. The molecule has 2 aromatic rings. The zero-order valence-electron chi connectivity index (χ0n) is 13.5. The Balaban J connectivity index is 1.47. The maximum absolute atomic E-state index is 9.98. The van der Waals surface area contributed by atoms with Crippen LogP contribution in [0.5, 0.6) is 5.75 Å². The van der Waals surface area contributed by atoms with Gasteiger partial charge >= 0.3 is 0 Å². The molecule has 124 valence electrons. The fraction of sp³-hybridized carbons (Fsp3) is 0.500. The molecule has 0 aliphatic heterocycles. The first-order chi connectivity index (χ1) is 11.2. The van der Waals surface area contributed by atoms with Crippen molar-refractivity contribution >= 4 is 11.3 Å². The molecule has 1 heterocycles. The second-order valence-electron chi connectivity index (χ2n) is 6.17. The Kier molecular flexibility index (Phi) is 5.65. The van der Waals surface area contributed by atoms with Gasteiger partial charge in [-0.15, -0.1) is 11.3 Å². The summed E-state index contributed by atoms with van der Waals surface area (Å²) in [7, 11) is 0. The second-order valence-corrected chi connectivity index (χ2v) is 7.12. The lowest BCUT2D eigenvalue weighted by Gasteiger charge is -2.28. The topological polar surface area (TPSA) is 54.4 Å². The van der Waals surface area contributed by atoms with Crippen molar-refractivity contribution in [3.05, 3.63) is 45.9 Å². The summed E-state index contributed by atoms with van der Waals surface area (Å²) in [5.74, 6) is 0.871. The smallest absolute Gasteiger partial charge is 0.140 e. The molecular formula is C18H24N2O2S. The molecule has 1 aromatic heterocycles. The predicted octanol–water partition coefficient (Wildman–Crippen LogP) is 3.42. The molecule has 0 saturated heterocycles. The van der Waals surface area contributed by atoms with Gasteiger partial charge in [0.25, 0.3) is 0 Å². The Morgan fingerprint density at radius 1 is 1.26 bits per heavy atom. The van der Waals surface area contributed by atoms with Crippen molar-refractivity contribution in [2.24, 2.45) is 0 Å². The highest BCUT2D eigenvalue weighted by Crippen LogP contribution is 2.20. The summed E-state index contributed by atoms with van der Waals surface area (Å²) in [5.41, 5.74) is 2.25. The Morgan fingerprint density at radius 2 is 2.04 bits per heavy atom. The molecule has 1 aliphatic rings. The minimum atomic E-state index is -0.216. The number of nitrogens with zero attached hydrogens (tertiary/aromatic N) is 1. The van der Waals surface area contributed by atoms with Crippen LogP contribution in [0, 0.1) is 6.92 Å². The summed E-state index contributed by atoms with van der Waals surface area (Å²) in [6, 6.07) is 8.26. The molecule has 1 saturated carbocycles. The first kappa shape index (κ1) is 16.4. The SMILES string of the molecule is Cc1ccc(OCc2nc(CNC3CCCCC3O)cs2)cc1. The van der Waals surface area contributed by atoms with Crippen molar-refractivity contribution in [1.82, 2.24) is 10.3 Å². The van der Waals surface area contributed by atoms with Crippen LogP contribution < -0.4 is 10.1 Å². The lowest BCUT2D eigenvalue weighted by molar-refractivity contribution is 0.0901. The van der Waals surface area contributed by atoms with E-state index >= 15 is 0 Å². The van der Waals surface area contributed by atoms with E-state index in [1.54, 1.807) is 11.3 Å². The van der Waals surface area contributed by atoms with E-state index in [0.29, 0.717) is 13.2 Å². The third-order valence-electron chi connectivity index (χ3n) is 4.26. The van der Waals surface area contributed by atoms with Crippen LogP contribution in [-0.2, 0) is 13.2 Å². The average molecular weight is 332 g/mol. The molecule has 0 spiro atoms. The summed E-state index contributed by atoms with van der Waals surface area (Å²) >= 11 is 1.62. The highest BCUT2D eigenvalue weighted by atomic mass is 32.1. The fourth-order valence-electron chi connectivity index (χ4n) is 2.86. The third-order valence-corrected chi connectivity index (χ3v) is 5.13. The molecule has 3 rings (SSSR count). The van der Waals surface area contributed by atoms with E-state index in [1.807, 2.05) is 24.3 Å². The van der Waals surface area contributed by atoms with Gasteiger partial charge in [-0.3, -0.25) is 0 Å². The zero-order valence-corrected chi connectivity index (χ0v) is 14.3.